The molecule has 0 bridgehead atoms. The maximum atomic E-state index is 9.63. The number of nitrogens with one attached hydrogen (secondary N) is 1. The van der Waals surface area contributed by atoms with Crippen LogP contribution in [0.25, 0.3) is 33.1 Å². The van der Waals surface area contributed by atoms with E-state index in [0.717, 1.165) is 32.8 Å². The normalized spacial score (nSPS) is 11.5. The summed E-state index contributed by atoms with van der Waals surface area (Å²) in [5.41, 5.74) is 4.07. The number of fused-ring (bicyclic) bond motifs is 1. The van der Waals surface area contributed by atoms with E-state index in [1.807, 2.05) is 54.6 Å². The largest absolute Gasteiger partial charge is 0.497 e. The summed E-state index contributed by atoms with van der Waals surface area (Å²) in [4.78, 5) is 4.57. The van der Waals surface area contributed by atoms with Crippen LogP contribution in [0.4, 0.5) is 0 Å². The number of benzene rings is 2. The maximum Gasteiger partial charge on any atom is 0.135 e. The van der Waals surface area contributed by atoms with Crippen LogP contribution in [0.5, 0.6) is 5.75 Å². The van der Waals surface area contributed by atoms with Gasteiger partial charge in [0.15, 0.2) is 0 Å². The summed E-state index contributed by atoms with van der Waals surface area (Å²) in [6, 6.07) is 17.8. The predicted octanol–water partition coefficient (Wildman–Crippen LogP) is 4.76. The van der Waals surface area contributed by atoms with Crippen molar-refractivity contribution in [1.82, 2.24) is 15.2 Å². The molecule has 0 saturated carbocycles. The number of ether oxygens (including phenoxy) is 1. The first kappa shape index (κ1) is 16.1. The average Bonchev–Trinajstić information content (AvgIpc) is 3.32. The van der Waals surface area contributed by atoms with Gasteiger partial charge in [0, 0.05) is 11.1 Å². The number of nitrogens with zero attached hydrogens (tertiary/aromatic N) is 3. The molecule has 2 heterocycles. The Bertz CT molecular complexity index is 1100. The molecule has 0 fully saturated rings. The van der Waals surface area contributed by atoms with Crippen LogP contribution < -0.4 is 4.74 Å². The van der Waals surface area contributed by atoms with Gasteiger partial charge in [-0.25, -0.2) is 4.98 Å². The number of allylic oxidation sites excluding steroid dienone is 1. The van der Waals surface area contributed by atoms with Gasteiger partial charge in [-0.3, -0.25) is 5.10 Å². The second-order valence-electron chi connectivity index (χ2n) is 5.59. The number of hydrogen-bond donors (Lipinski definition) is 1. The zero-order valence-corrected chi connectivity index (χ0v) is 14.7. The molecule has 0 aliphatic rings. The standard InChI is InChI=1S/C20H14N4OS/c1-25-16-8-6-13(7-9-16)19-15(12-22-24-19)10-14(11-21)20-23-17-4-2-3-5-18(17)26-20/h2-10,12H,1H3,(H,22,24). The number of nitriles is 1. The van der Waals surface area contributed by atoms with Crippen molar-refractivity contribution in [2.45, 2.75) is 0 Å². The molecule has 2 aromatic heterocycles. The molecule has 0 atom stereocenters. The second-order valence-corrected chi connectivity index (χ2v) is 6.62. The molecule has 126 valence electrons. The van der Waals surface area contributed by atoms with Crippen LogP contribution in [0.1, 0.15) is 10.6 Å². The molecule has 0 spiro atoms. The number of H-pyrrole nitrogens is 1. The lowest BCUT2D eigenvalue weighted by Gasteiger charge is -2.03. The van der Waals surface area contributed by atoms with Gasteiger partial charge < -0.3 is 4.74 Å². The van der Waals surface area contributed by atoms with Gasteiger partial charge >= 0.3 is 0 Å². The third kappa shape index (κ3) is 2.96. The third-order valence-electron chi connectivity index (χ3n) is 3.99. The van der Waals surface area contributed by atoms with Crippen LogP contribution in [-0.2, 0) is 0 Å². The van der Waals surface area contributed by atoms with Gasteiger partial charge in [-0.05, 0) is 42.5 Å². The lowest BCUT2D eigenvalue weighted by molar-refractivity contribution is 0.415. The first-order chi connectivity index (χ1) is 12.8. The molecule has 0 saturated heterocycles. The topological polar surface area (TPSA) is 74.6 Å². The van der Waals surface area contributed by atoms with Crippen LogP contribution in [0.3, 0.4) is 0 Å². The molecule has 1 N–H and O–H groups in total. The highest BCUT2D eigenvalue weighted by Gasteiger charge is 2.12. The Hall–Kier alpha value is -3.43. The smallest absolute Gasteiger partial charge is 0.135 e. The third-order valence-corrected chi connectivity index (χ3v) is 5.06. The van der Waals surface area contributed by atoms with Crippen LogP contribution >= 0.6 is 11.3 Å². The van der Waals surface area contributed by atoms with Gasteiger partial charge in [0.2, 0.25) is 0 Å². The van der Waals surface area contributed by atoms with E-state index >= 15 is 0 Å². The number of rotatable bonds is 4. The molecule has 0 aliphatic carbocycles. The van der Waals surface area contributed by atoms with E-state index < -0.39 is 0 Å². The van der Waals surface area contributed by atoms with Crippen LogP contribution in [-0.4, -0.2) is 22.3 Å². The Balaban J connectivity index is 1.75. The van der Waals surface area contributed by atoms with E-state index in [4.69, 9.17) is 4.74 Å². The Morgan fingerprint density at radius 3 is 2.73 bits per heavy atom. The monoisotopic (exact) mass is 358 g/mol. The predicted molar refractivity (Wildman–Crippen MR) is 104 cm³/mol. The summed E-state index contributed by atoms with van der Waals surface area (Å²) in [7, 11) is 1.64. The van der Waals surface area contributed by atoms with Crippen molar-refractivity contribution in [2.24, 2.45) is 0 Å². The quantitative estimate of drug-likeness (QED) is 0.534. The molecule has 0 unspecified atom stereocenters. The van der Waals surface area contributed by atoms with Crippen molar-refractivity contribution in [2.75, 3.05) is 7.11 Å². The molecule has 2 aromatic carbocycles. The minimum atomic E-state index is 0.516. The van der Waals surface area contributed by atoms with Gasteiger partial charge in [-0.15, -0.1) is 11.3 Å². The molecule has 6 heteroatoms. The van der Waals surface area contributed by atoms with Crippen molar-refractivity contribution in [3.63, 3.8) is 0 Å². The highest BCUT2D eigenvalue weighted by Crippen LogP contribution is 2.30. The second kappa shape index (κ2) is 6.82. The fourth-order valence-electron chi connectivity index (χ4n) is 2.68. The van der Waals surface area contributed by atoms with E-state index in [2.05, 4.69) is 21.3 Å². The van der Waals surface area contributed by atoms with Crippen molar-refractivity contribution in [3.05, 3.63) is 65.3 Å². The SMILES string of the molecule is COc1ccc(-c2[nH]ncc2C=C(C#N)c2nc3ccccc3s2)cc1. The van der Waals surface area contributed by atoms with Crippen molar-refractivity contribution < 1.29 is 4.74 Å². The number of aromatic nitrogens is 3. The zero-order chi connectivity index (χ0) is 17.9. The highest BCUT2D eigenvalue weighted by molar-refractivity contribution is 7.19. The molecule has 0 aliphatic heterocycles. The van der Waals surface area contributed by atoms with Crippen molar-refractivity contribution in [3.8, 4) is 23.1 Å². The molecule has 0 amide bonds. The molecule has 0 radical (unpaired) electrons. The van der Waals surface area contributed by atoms with Gasteiger partial charge in [-0.2, -0.15) is 10.4 Å². The molecule has 5 nitrogen and oxygen atoms in total. The summed E-state index contributed by atoms with van der Waals surface area (Å²) in [5.74, 6) is 0.789. The Labute approximate surface area is 154 Å². The Morgan fingerprint density at radius 1 is 1.19 bits per heavy atom. The summed E-state index contributed by atoms with van der Waals surface area (Å²) >= 11 is 1.51. The van der Waals surface area contributed by atoms with Gasteiger partial charge in [0.1, 0.15) is 16.8 Å². The van der Waals surface area contributed by atoms with E-state index in [1.54, 1.807) is 13.3 Å². The van der Waals surface area contributed by atoms with Gasteiger partial charge in [0.05, 0.1) is 34.8 Å². The lowest BCUT2D eigenvalue weighted by atomic mass is 10.1. The number of thiazole rings is 1. The molecule has 26 heavy (non-hydrogen) atoms. The fraction of sp³-hybridized carbons (Fsp3) is 0.0500. The maximum absolute atomic E-state index is 9.63. The summed E-state index contributed by atoms with van der Waals surface area (Å²) in [5, 5.41) is 17.5. The molecular formula is C20H14N4OS. The highest BCUT2D eigenvalue weighted by atomic mass is 32.1. The van der Waals surface area contributed by atoms with E-state index in [0.29, 0.717) is 10.6 Å². The number of hydrogen-bond acceptors (Lipinski definition) is 5. The van der Waals surface area contributed by atoms with Crippen molar-refractivity contribution >= 4 is 33.2 Å². The first-order valence-electron chi connectivity index (χ1n) is 7.94. The van der Waals surface area contributed by atoms with Gasteiger partial charge in [0.25, 0.3) is 0 Å². The minimum Gasteiger partial charge on any atom is -0.497 e. The summed E-state index contributed by atoms with van der Waals surface area (Å²) in [6.45, 7) is 0. The lowest BCUT2D eigenvalue weighted by Crippen LogP contribution is -1.85. The summed E-state index contributed by atoms with van der Waals surface area (Å²) < 4.78 is 6.26. The minimum absolute atomic E-state index is 0.516. The number of para-hydroxylation sites is 1. The molecule has 4 aromatic rings. The van der Waals surface area contributed by atoms with Gasteiger partial charge in [-0.1, -0.05) is 12.1 Å². The first-order valence-corrected chi connectivity index (χ1v) is 8.75. The average molecular weight is 358 g/mol. The summed E-state index contributed by atoms with van der Waals surface area (Å²) in [6.07, 6.45) is 3.53. The molecule has 4 rings (SSSR count). The number of methoxy groups -OCH3 is 1. The van der Waals surface area contributed by atoms with E-state index in [9.17, 15) is 5.26 Å². The Morgan fingerprint density at radius 2 is 2.00 bits per heavy atom. The zero-order valence-electron chi connectivity index (χ0n) is 13.9. The Kier molecular flexibility index (Phi) is 4.22. The van der Waals surface area contributed by atoms with Crippen LogP contribution in [0, 0.1) is 11.3 Å². The molecular weight excluding hydrogens is 344 g/mol. The van der Waals surface area contributed by atoms with Crippen LogP contribution in [0.15, 0.2) is 54.7 Å². The fourth-order valence-corrected chi connectivity index (χ4v) is 3.61. The van der Waals surface area contributed by atoms with E-state index in [-0.39, 0.29) is 0 Å². The number of aromatic amines is 1. The van der Waals surface area contributed by atoms with Crippen LogP contribution in [0.2, 0.25) is 0 Å². The van der Waals surface area contributed by atoms with Crippen molar-refractivity contribution in [1.29, 1.82) is 5.26 Å². The van der Waals surface area contributed by atoms with E-state index in [1.165, 1.54) is 11.3 Å².